The maximum absolute atomic E-state index is 14.7. The van der Waals surface area contributed by atoms with Crippen molar-refractivity contribution in [3.8, 4) is 29.7 Å². The lowest BCUT2D eigenvalue weighted by Crippen LogP contribution is -2.50. The summed E-state index contributed by atoms with van der Waals surface area (Å²) in [4.78, 5) is 42.9. The first kappa shape index (κ1) is 89.2. The van der Waals surface area contributed by atoms with Gasteiger partial charge in [0, 0.05) is 34.4 Å². The van der Waals surface area contributed by atoms with Crippen LogP contribution in [0, 0.1) is 81.6 Å². The van der Waals surface area contributed by atoms with Crippen LogP contribution in [0.5, 0.6) is 11.5 Å². The molecular weight excluding hydrogens is 1530 g/mol. The molecule has 3 saturated carbocycles. The standard InChI is InChI=1S/C26H31FN2O4.C11H7F4N.C11H9F4N.C11H8F4O2.C9H5F4N.C7H3F5.CO2/c1-17-4-6-19(20(27)14-17)26(8-9-26)25(31)28-21(16-29-10-2-3-11-29)24(30)18-5-7-22-23(15-18)33-13-12-32-22;12-9-5-7(11(13,14)15)1-2-8(9)10(6-16)3-4-10;1-2-7(6-16)9-4-3-8(5-10(9)12)11(13,14)15;12-8-5-6(11(13,14)15)1-2-7(8)10(3-4-10)9(16)17;10-8-5-7(9(11,12)13)2-1-6(8)3-4-14;8-5-2-1-4(3-6(5)9)7(10,11)12;2-1-3/h4-7,14-15,21,24,30H,2-3,8-13,16H2,1H3,(H,28,31);1-2,5H,3-4H2;3-5,7H,2H2,1H3;1-2,5H,3-4H2,(H,16,17);1-2,5H,3H2;1-3H;/t21-,24-;;;;;;/m1....../s1. The number of alkyl halides is 15. The molecule has 2 heterocycles. The second-order valence-corrected chi connectivity index (χ2v) is 25.6. The van der Waals surface area contributed by atoms with Gasteiger partial charge < -0.3 is 29.9 Å². The number of carboxylic acids is 1. The number of hydrogen-bond acceptors (Lipinski definition) is 11. The summed E-state index contributed by atoms with van der Waals surface area (Å²) in [5, 5.41) is 49.1. The molecule has 0 spiro atoms. The Morgan fingerprint density at radius 1 is 0.523 bits per heavy atom. The van der Waals surface area contributed by atoms with Crippen LogP contribution in [0.4, 0.5) is 96.6 Å². The summed E-state index contributed by atoms with van der Waals surface area (Å²) in [6.45, 7) is 6.89. The van der Waals surface area contributed by atoms with Gasteiger partial charge in [-0.15, -0.1) is 0 Å². The molecule has 111 heavy (non-hydrogen) atoms. The number of carboxylic acid groups (broad SMARTS) is 1. The van der Waals surface area contributed by atoms with Gasteiger partial charge in [0.05, 0.1) is 80.7 Å². The van der Waals surface area contributed by atoms with Gasteiger partial charge in [0.1, 0.15) is 48.4 Å². The highest BCUT2D eigenvalue weighted by atomic mass is 19.4. The van der Waals surface area contributed by atoms with E-state index >= 15 is 0 Å². The van der Waals surface area contributed by atoms with Crippen molar-refractivity contribution in [3.63, 3.8) is 0 Å². The van der Waals surface area contributed by atoms with E-state index in [9.17, 15) is 111 Å². The number of carbonyl (C=O) groups excluding carboxylic acids is 3. The molecule has 4 fully saturated rings. The number of ether oxygens (including phenoxy) is 2. The third-order valence-electron chi connectivity index (χ3n) is 18.0. The highest BCUT2D eigenvalue weighted by molar-refractivity contribution is 5.91. The summed E-state index contributed by atoms with van der Waals surface area (Å²) in [7, 11) is 0. The molecule has 7 aromatic rings. The van der Waals surface area contributed by atoms with E-state index in [2.05, 4.69) is 10.2 Å². The maximum Gasteiger partial charge on any atom is 0.416 e. The van der Waals surface area contributed by atoms with Crippen molar-refractivity contribution in [2.24, 2.45) is 0 Å². The number of aryl methyl sites for hydroxylation is 1. The van der Waals surface area contributed by atoms with E-state index in [0.717, 1.165) is 74.0 Å². The molecule has 1 amide bonds. The first-order valence-electron chi connectivity index (χ1n) is 33.1. The number of likely N-dealkylation sites (tertiary alicyclic amines) is 1. The third kappa shape index (κ3) is 23.7. The van der Waals surface area contributed by atoms with Gasteiger partial charge in [0.25, 0.3) is 0 Å². The molecule has 2 aliphatic heterocycles. The lowest BCUT2D eigenvalue weighted by Gasteiger charge is -2.31. The predicted molar refractivity (Wildman–Crippen MR) is 347 cm³/mol. The van der Waals surface area contributed by atoms with E-state index < -0.39 is 134 Å². The molecule has 0 bridgehead atoms. The van der Waals surface area contributed by atoms with Crippen LogP contribution >= 0.6 is 0 Å². The summed E-state index contributed by atoms with van der Waals surface area (Å²) < 4.78 is 286. The number of fused-ring (bicyclic) bond motifs is 1. The molecule has 3 aliphatic carbocycles. The first-order chi connectivity index (χ1) is 51.8. The Bertz CT molecular complexity index is 4590. The van der Waals surface area contributed by atoms with Gasteiger partial charge in [0.15, 0.2) is 23.1 Å². The second kappa shape index (κ2) is 36.9. The average molecular weight is 1590 g/mol. The zero-order valence-corrected chi connectivity index (χ0v) is 57.9. The van der Waals surface area contributed by atoms with Crippen LogP contribution in [0.3, 0.4) is 0 Å². The third-order valence-corrected chi connectivity index (χ3v) is 18.0. The summed E-state index contributed by atoms with van der Waals surface area (Å²) in [5.41, 5.74) is -6.67. The number of nitrogens with one attached hydrogen (secondary N) is 1. The van der Waals surface area contributed by atoms with Crippen LogP contribution in [0.2, 0.25) is 0 Å². The Hall–Kier alpha value is -10.7. The minimum Gasteiger partial charge on any atom is -0.486 e. The molecule has 3 N–H and O–H groups in total. The zero-order valence-electron chi connectivity index (χ0n) is 57.9. The number of rotatable bonds is 13. The Morgan fingerprint density at radius 3 is 1.37 bits per heavy atom. The van der Waals surface area contributed by atoms with E-state index in [0.29, 0.717) is 117 Å². The van der Waals surface area contributed by atoms with Crippen LogP contribution in [-0.2, 0) is 72.7 Å². The van der Waals surface area contributed by atoms with Crippen molar-refractivity contribution in [2.75, 3.05) is 32.8 Å². The van der Waals surface area contributed by atoms with Crippen molar-refractivity contribution in [1.82, 2.24) is 10.2 Å². The van der Waals surface area contributed by atoms with E-state index in [-0.39, 0.29) is 65.5 Å². The minimum atomic E-state index is -4.63. The number of aliphatic carboxylic acids is 1. The van der Waals surface area contributed by atoms with E-state index in [4.69, 9.17) is 40.0 Å². The second-order valence-electron chi connectivity index (χ2n) is 25.6. The fourth-order valence-corrected chi connectivity index (χ4v) is 11.4. The van der Waals surface area contributed by atoms with Crippen LogP contribution in [-0.4, -0.2) is 72.0 Å². The van der Waals surface area contributed by atoms with Gasteiger partial charge in [-0.05, 0) is 174 Å². The van der Waals surface area contributed by atoms with E-state index in [1.54, 1.807) is 31.2 Å². The average Bonchev–Trinajstić information content (AvgIpc) is 1.60. The molecule has 3 atom stereocenters. The Balaban J connectivity index is 0.000000215. The Kier molecular flexibility index (Phi) is 29.6. The lowest BCUT2D eigenvalue weighted by atomic mass is 9.92. The molecule has 1 unspecified atom stereocenters. The molecule has 1 saturated heterocycles. The molecule has 0 radical (unpaired) electrons. The summed E-state index contributed by atoms with van der Waals surface area (Å²) in [6, 6.07) is 25.1. The number of halogens is 22. The highest BCUT2D eigenvalue weighted by Crippen LogP contribution is 2.52. The number of amides is 1. The smallest absolute Gasteiger partial charge is 0.416 e. The topological polar surface area (TPSA) is 214 Å². The van der Waals surface area contributed by atoms with Crippen molar-refractivity contribution >= 4 is 18.0 Å². The van der Waals surface area contributed by atoms with Crippen molar-refractivity contribution < 1.29 is 135 Å². The molecule has 7 aromatic carbocycles. The normalized spacial score (nSPS) is 16.2. The molecule has 13 nitrogen and oxygen atoms in total. The lowest BCUT2D eigenvalue weighted by molar-refractivity contribution is -0.192. The van der Waals surface area contributed by atoms with Crippen molar-refractivity contribution in [3.05, 3.63) is 235 Å². The Labute approximate surface area is 618 Å². The van der Waals surface area contributed by atoms with Gasteiger partial charge in [0.2, 0.25) is 5.91 Å². The fourth-order valence-electron chi connectivity index (χ4n) is 11.4. The maximum atomic E-state index is 14.7. The molecule has 35 heteroatoms. The van der Waals surface area contributed by atoms with E-state index in [1.165, 1.54) is 6.07 Å². The number of benzene rings is 7. The van der Waals surface area contributed by atoms with Crippen LogP contribution < -0.4 is 14.8 Å². The van der Waals surface area contributed by atoms with Gasteiger partial charge in [-0.1, -0.05) is 49.4 Å². The summed E-state index contributed by atoms with van der Waals surface area (Å²) >= 11 is 0. The molecule has 0 aromatic heterocycles. The Morgan fingerprint density at radius 2 is 0.955 bits per heavy atom. The number of aliphatic hydroxyl groups is 1. The fraction of sp³-hybridized carbons (Fsp3) is 0.368. The molecule has 594 valence electrons. The number of nitriles is 3. The van der Waals surface area contributed by atoms with Crippen molar-refractivity contribution in [2.45, 2.75) is 143 Å². The van der Waals surface area contributed by atoms with Crippen LogP contribution in [0.25, 0.3) is 0 Å². The number of carbonyl (C=O) groups is 2. The van der Waals surface area contributed by atoms with Crippen LogP contribution in [0.1, 0.15) is 143 Å². The summed E-state index contributed by atoms with van der Waals surface area (Å²) in [6.07, 6.45) is -18.5. The minimum absolute atomic E-state index is 0.0120. The zero-order chi connectivity index (χ0) is 83.0. The predicted octanol–water partition coefficient (Wildman–Crippen LogP) is 18.8. The van der Waals surface area contributed by atoms with Gasteiger partial charge in [-0.2, -0.15) is 91.2 Å². The SMILES string of the molecule is CCC(C#N)c1ccc(C(F)(F)F)cc1F.Cc1ccc(C2(C(=O)N[C@H](CN3CCCC3)[C@H](O)c3ccc4c(c3)OCCO4)CC2)c(F)c1.Fc1ccc(C(F)(F)F)cc1F.N#CC1(c2ccc(C(F)(F)F)cc2F)CC1.N#CCc1ccc(C(F)(F)F)cc1F.O=C(O)C1(c2ccc(C(F)(F)F)cc2F)CC1.O=C=O. The summed E-state index contributed by atoms with van der Waals surface area (Å²) in [5.74, 6) is -8.03. The highest BCUT2D eigenvalue weighted by Gasteiger charge is 2.55. The number of aliphatic hydroxyl groups excluding tert-OH is 1. The monoisotopic (exact) mass is 1590 g/mol. The van der Waals surface area contributed by atoms with Crippen molar-refractivity contribution in [1.29, 1.82) is 15.8 Å². The number of nitrogens with zero attached hydrogens (tertiary/aromatic N) is 4. The largest absolute Gasteiger partial charge is 0.486 e. The van der Waals surface area contributed by atoms with Crippen LogP contribution in [0.15, 0.2) is 127 Å². The van der Waals surface area contributed by atoms with Gasteiger partial charge in [-0.25, -0.2) is 30.7 Å². The molecule has 5 aliphatic rings. The van der Waals surface area contributed by atoms with Gasteiger partial charge in [-0.3, -0.25) is 9.59 Å². The first-order valence-corrected chi connectivity index (χ1v) is 33.1. The molecule has 12 rings (SSSR count). The molecular formula is C76H63F22N5O8. The number of hydrogen-bond donors (Lipinski definition) is 3. The van der Waals surface area contributed by atoms with Gasteiger partial charge >= 0.3 is 43.0 Å². The van der Waals surface area contributed by atoms with E-state index in [1.807, 2.05) is 31.2 Å². The quantitative estimate of drug-likeness (QED) is 0.0920.